The molecule has 0 saturated carbocycles. The fourth-order valence-electron chi connectivity index (χ4n) is 1.65. The second-order valence-electron chi connectivity index (χ2n) is 3.58. The average Bonchev–Trinajstić information content (AvgIpc) is 2.45. The van der Waals surface area contributed by atoms with E-state index in [-0.39, 0.29) is 11.0 Å². The van der Waals surface area contributed by atoms with E-state index in [1.165, 1.54) is 12.1 Å². The highest BCUT2D eigenvalue weighted by Gasteiger charge is 2.24. The van der Waals surface area contributed by atoms with Crippen molar-refractivity contribution in [2.45, 2.75) is 0 Å². The van der Waals surface area contributed by atoms with Crippen molar-refractivity contribution >= 4 is 22.8 Å². The summed E-state index contributed by atoms with van der Waals surface area (Å²) in [6.07, 6.45) is 0. The van der Waals surface area contributed by atoms with Crippen LogP contribution in [0.2, 0.25) is 0 Å². The molecule has 1 aromatic heterocycles. The predicted octanol–water partition coefficient (Wildman–Crippen LogP) is -1.00. The number of carbonyl (C=O) groups excluding carboxylic acids is 2. The van der Waals surface area contributed by atoms with Gasteiger partial charge in [-0.25, -0.2) is 11.7 Å². The Morgan fingerprint density at radius 1 is 1.05 bits per heavy atom. The Labute approximate surface area is 106 Å². The van der Waals surface area contributed by atoms with Gasteiger partial charge >= 0.3 is 5.91 Å². The van der Waals surface area contributed by atoms with Gasteiger partial charge in [0.25, 0.3) is 5.91 Å². The number of carbonyl (C=O) groups is 2. The molecule has 2 aromatic rings. The Balaban J connectivity index is 2.88. The number of rotatable bonds is 2. The van der Waals surface area contributed by atoms with E-state index in [2.05, 4.69) is 0 Å². The number of hydrogen-bond acceptors (Lipinski definition) is 6. The van der Waals surface area contributed by atoms with E-state index in [1.807, 2.05) is 0 Å². The molecule has 0 spiro atoms. The largest absolute Gasteiger partial charge is 0.450 e. The van der Waals surface area contributed by atoms with Crippen molar-refractivity contribution in [3.8, 4) is 0 Å². The topological polar surface area (TPSA) is 140 Å². The van der Waals surface area contributed by atoms with Crippen molar-refractivity contribution in [3.05, 3.63) is 45.8 Å². The summed E-state index contributed by atoms with van der Waals surface area (Å²) >= 11 is 0. The Bertz CT molecular complexity index is 722. The van der Waals surface area contributed by atoms with Crippen molar-refractivity contribution in [2.75, 3.05) is 0 Å². The van der Waals surface area contributed by atoms with Crippen LogP contribution in [0.15, 0.2) is 33.5 Å². The number of benzene rings is 1. The van der Waals surface area contributed by atoms with Crippen molar-refractivity contribution < 1.29 is 14.0 Å². The van der Waals surface area contributed by atoms with E-state index in [1.54, 1.807) is 23.0 Å². The minimum Gasteiger partial charge on any atom is -0.450 e. The van der Waals surface area contributed by atoms with Crippen molar-refractivity contribution in [1.29, 1.82) is 0 Å². The van der Waals surface area contributed by atoms with Gasteiger partial charge in [0.1, 0.15) is 11.1 Å². The van der Waals surface area contributed by atoms with Crippen LogP contribution in [0.25, 0.3) is 11.0 Å². The van der Waals surface area contributed by atoms with Gasteiger partial charge in [-0.3, -0.25) is 25.2 Å². The second kappa shape index (κ2) is 4.88. The summed E-state index contributed by atoms with van der Waals surface area (Å²) in [5.74, 6) is 7.64. The molecular formula is C11H10N4O4. The lowest BCUT2D eigenvalue weighted by Crippen LogP contribution is -2.38. The molecule has 19 heavy (non-hydrogen) atoms. The third-order valence-corrected chi connectivity index (χ3v) is 2.49. The lowest BCUT2D eigenvalue weighted by molar-refractivity contribution is 0.0895. The molecule has 0 fully saturated rings. The average molecular weight is 262 g/mol. The number of fused-ring (bicyclic) bond motifs is 1. The van der Waals surface area contributed by atoms with Gasteiger partial charge in [0.2, 0.25) is 11.2 Å². The summed E-state index contributed by atoms with van der Waals surface area (Å²) in [5.41, 5.74) is 2.59. The fraction of sp³-hybridized carbons (Fsp3) is 0. The molecule has 1 aromatic carbocycles. The molecule has 0 aliphatic rings. The van der Waals surface area contributed by atoms with Crippen LogP contribution in [-0.4, -0.2) is 11.8 Å². The first-order valence-corrected chi connectivity index (χ1v) is 5.18. The van der Waals surface area contributed by atoms with E-state index < -0.39 is 28.6 Å². The molecule has 0 bridgehead atoms. The fourth-order valence-corrected chi connectivity index (χ4v) is 1.65. The van der Waals surface area contributed by atoms with Crippen LogP contribution in [-0.2, 0) is 0 Å². The maximum atomic E-state index is 12.2. The van der Waals surface area contributed by atoms with E-state index in [4.69, 9.17) is 16.1 Å². The van der Waals surface area contributed by atoms with Crippen LogP contribution in [0, 0.1) is 0 Å². The van der Waals surface area contributed by atoms with Crippen LogP contribution >= 0.6 is 0 Å². The van der Waals surface area contributed by atoms with E-state index in [0.29, 0.717) is 0 Å². The van der Waals surface area contributed by atoms with Gasteiger partial charge in [-0.2, -0.15) is 0 Å². The number of nitrogens with one attached hydrogen (secondary N) is 2. The molecule has 98 valence electrons. The number of para-hydroxylation sites is 1. The molecule has 1 heterocycles. The van der Waals surface area contributed by atoms with E-state index >= 15 is 0 Å². The maximum Gasteiger partial charge on any atom is 0.301 e. The third kappa shape index (κ3) is 2.05. The van der Waals surface area contributed by atoms with E-state index in [9.17, 15) is 14.4 Å². The Morgan fingerprint density at radius 2 is 1.68 bits per heavy atom. The van der Waals surface area contributed by atoms with Gasteiger partial charge in [-0.15, -0.1) is 0 Å². The van der Waals surface area contributed by atoms with Gasteiger partial charge in [0.05, 0.1) is 5.39 Å². The minimum atomic E-state index is -0.932. The zero-order valence-corrected chi connectivity index (χ0v) is 9.60. The van der Waals surface area contributed by atoms with Crippen molar-refractivity contribution in [2.24, 2.45) is 11.7 Å². The molecule has 0 saturated heterocycles. The standard InChI is InChI=1S/C11H10N4O4/c12-14-10(17)7-8(16)5-3-1-2-4-6(5)19-9(7)11(18)15-13/h1-4H,12-13H2,(H,14,17)(H,15,18). The SMILES string of the molecule is NNC(=O)c1oc2ccccc2c(=O)c1C(=O)NN. The molecule has 0 atom stereocenters. The Kier molecular flexibility index (Phi) is 3.27. The van der Waals surface area contributed by atoms with Crippen molar-refractivity contribution in [3.63, 3.8) is 0 Å². The lowest BCUT2D eigenvalue weighted by Gasteiger charge is -2.07. The summed E-state index contributed by atoms with van der Waals surface area (Å²) in [6.45, 7) is 0. The summed E-state index contributed by atoms with van der Waals surface area (Å²) in [5, 5.41) is 0.162. The van der Waals surface area contributed by atoms with Gasteiger partial charge in [-0.1, -0.05) is 12.1 Å². The van der Waals surface area contributed by atoms with Gasteiger partial charge in [-0.05, 0) is 12.1 Å². The predicted molar refractivity (Wildman–Crippen MR) is 65.8 cm³/mol. The highest BCUT2D eigenvalue weighted by Crippen LogP contribution is 2.15. The molecule has 2 rings (SSSR count). The van der Waals surface area contributed by atoms with Gasteiger partial charge in [0.15, 0.2) is 0 Å². The lowest BCUT2D eigenvalue weighted by atomic mass is 10.1. The highest BCUT2D eigenvalue weighted by atomic mass is 16.3. The maximum absolute atomic E-state index is 12.2. The molecule has 0 unspecified atom stereocenters. The summed E-state index contributed by atoms with van der Waals surface area (Å²) in [6, 6.07) is 6.19. The molecule has 6 N–H and O–H groups in total. The van der Waals surface area contributed by atoms with Crippen LogP contribution in [0.3, 0.4) is 0 Å². The zero-order chi connectivity index (χ0) is 14.0. The highest BCUT2D eigenvalue weighted by molar-refractivity contribution is 6.06. The van der Waals surface area contributed by atoms with Gasteiger partial charge in [0, 0.05) is 0 Å². The Morgan fingerprint density at radius 3 is 2.32 bits per heavy atom. The summed E-state index contributed by atoms with van der Waals surface area (Å²) in [7, 11) is 0. The molecule has 0 radical (unpaired) electrons. The number of nitrogens with two attached hydrogens (primary N) is 2. The van der Waals surface area contributed by atoms with E-state index in [0.717, 1.165) is 0 Å². The molecule has 8 heteroatoms. The van der Waals surface area contributed by atoms with Crippen LogP contribution < -0.4 is 28.0 Å². The normalized spacial score (nSPS) is 10.2. The first-order valence-electron chi connectivity index (χ1n) is 5.18. The summed E-state index contributed by atoms with van der Waals surface area (Å²) < 4.78 is 5.24. The molecule has 2 amide bonds. The van der Waals surface area contributed by atoms with Crippen LogP contribution in [0.5, 0.6) is 0 Å². The number of hydrogen-bond donors (Lipinski definition) is 4. The molecular weight excluding hydrogens is 252 g/mol. The van der Waals surface area contributed by atoms with Crippen LogP contribution in [0.4, 0.5) is 0 Å². The summed E-state index contributed by atoms with van der Waals surface area (Å²) in [4.78, 5) is 35.3. The smallest absolute Gasteiger partial charge is 0.301 e. The number of nitrogen functional groups attached to an aromatic ring is 2. The number of hydrazine groups is 2. The molecule has 0 aliphatic carbocycles. The third-order valence-electron chi connectivity index (χ3n) is 2.49. The number of amides is 2. The first-order chi connectivity index (χ1) is 9.10. The van der Waals surface area contributed by atoms with Gasteiger partial charge < -0.3 is 4.42 Å². The monoisotopic (exact) mass is 262 g/mol. The van der Waals surface area contributed by atoms with Crippen LogP contribution in [0.1, 0.15) is 20.9 Å². The van der Waals surface area contributed by atoms with Crippen molar-refractivity contribution in [1.82, 2.24) is 10.9 Å². The quantitative estimate of drug-likeness (QED) is 0.311. The minimum absolute atomic E-state index is 0.162. The first kappa shape index (κ1) is 12.7. The second-order valence-corrected chi connectivity index (χ2v) is 3.58. The Hall–Kier alpha value is -2.71. The zero-order valence-electron chi connectivity index (χ0n) is 9.60. The molecule has 0 aliphatic heterocycles. The molecule has 8 nitrogen and oxygen atoms in total.